The summed E-state index contributed by atoms with van der Waals surface area (Å²) in [7, 11) is 0. The van der Waals surface area contributed by atoms with E-state index >= 15 is 0 Å². The monoisotopic (exact) mass is 257 g/mol. The van der Waals surface area contributed by atoms with Crippen molar-refractivity contribution in [2.45, 2.75) is 32.5 Å². The van der Waals surface area contributed by atoms with Gasteiger partial charge >= 0.3 is 12.1 Å². The van der Waals surface area contributed by atoms with E-state index in [1.807, 2.05) is 0 Å². The Morgan fingerprint density at radius 1 is 1.33 bits per heavy atom. The summed E-state index contributed by atoms with van der Waals surface area (Å²) in [6, 6.07) is 0. The molecule has 0 spiro atoms. The fourth-order valence-electron chi connectivity index (χ4n) is 2.44. The van der Waals surface area contributed by atoms with E-state index in [-0.39, 0.29) is 18.6 Å². The van der Waals surface area contributed by atoms with Crippen LogP contribution < -0.4 is 0 Å². The van der Waals surface area contributed by atoms with E-state index in [1.165, 1.54) is 4.90 Å². The first-order chi connectivity index (χ1) is 8.28. The van der Waals surface area contributed by atoms with Gasteiger partial charge in [0, 0.05) is 12.5 Å². The van der Waals surface area contributed by atoms with Crippen LogP contribution in [-0.4, -0.2) is 53.5 Å². The van der Waals surface area contributed by atoms with Crippen LogP contribution in [0, 0.1) is 11.8 Å². The van der Waals surface area contributed by atoms with Crippen molar-refractivity contribution >= 4 is 12.1 Å². The first-order valence-corrected chi connectivity index (χ1v) is 6.10. The zero-order chi connectivity index (χ0) is 13.5. The average Bonchev–Trinajstić information content (AvgIpc) is 2.70. The fourth-order valence-corrected chi connectivity index (χ4v) is 2.44. The summed E-state index contributed by atoms with van der Waals surface area (Å²) in [6.07, 6.45) is -0.566. The van der Waals surface area contributed by atoms with Gasteiger partial charge in [-0.25, -0.2) is 4.79 Å². The van der Waals surface area contributed by atoms with E-state index in [0.717, 1.165) is 0 Å². The van der Waals surface area contributed by atoms with Crippen molar-refractivity contribution in [1.29, 1.82) is 0 Å². The average molecular weight is 257 g/mol. The minimum atomic E-state index is -0.853. The molecule has 2 aliphatic rings. The van der Waals surface area contributed by atoms with Crippen molar-refractivity contribution in [2.75, 3.05) is 19.7 Å². The lowest BCUT2D eigenvalue weighted by atomic mass is 9.93. The summed E-state index contributed by atoms with van der Waals surface area (Å²) < 4.78 is 10.7. The number of hydrogen-bond donors (Lipinski definition) is 1. The lowest BCUT2D eigenvalue weighted by Crippen LogP contribution is -2.37. The molecule has 102 valence electrons. The molecule has 0 aliphatic carbocycles. The Bertz CT molecular complexity index is 362. The number of fused-ring (bicyclic) bond motifs is 1. The van der Waals surface area contributed by atoms with Crippen molar-refractivity contribution in [3.63, 3.8) is 0 Å². The van der Waals surface area contributed by atoms with Crippen LogP contribution in [0.4, 0.5) is 4.79 Å². The number of carbonyl (C=O) groups is 2. The Morgan fingerprint density at radius 2 is 2.00 bits per heavy atom. The van der Waals surface area contributed by atoms with Crippen molar-refractivity contribution in [2.24, 2.45) is 11.8 Å². The van der Waals surface area contributed by atoms with Gasteiger partial charge in [0.05, 0.1) is 25.2 Å². The first-order valence-electron chi connectivity index (χ1n) is 6.10. The van der Waals surface area contributed by atoms with Crippen LogP contribution >= 0.6 is 0 Å². The minimum absolute atomic E-state index is 0.116. The van der Waals surface area contributed by atoms with E-state index < -0.39 is 23.6 Å². The van der Waals surface area contributed by atoms with E-state index in [0.29, 0.717) is 13.1 Å². The van der Waals surface area contributed by atoms with E-state index in [9.17, 15) is 9.59 Å². The Labute approximate surface area is 106 Å². The van der Waals surface area contributed by atoms with E-state index in [2.05, 4.69) is 0 Å². The number of carboxylic acids is 1. The second-order valence-corrected chi connectivity index (χ2v) is 5.87. The predicted octanol–water partition coefficient (Wildman–Crippen LogP) is 0.953. The van der Waals surface area contributed by atoms with Crippen molar-refractivity contribution in [1.82, 2.24) is 4.90 Å². The minimum Gasteiger partial charge on any atom is -0.481 e. The summed E-state index contributed by atoms with van der Waals surface area (Å²) in [6.45, 7) is 6.47. The third-order valence-corrected chi connectivity index (χ3v) is 3.28. The molecule has 0 aromatic rings. The summed E-state index contributed by atoms with van der Waals surface area (Å²) in [5.74, 6) is -1.48. The van der Waals surface area contributed by atoms with Crippen LogP contribution in [-0.2, 0) is 14.3 Å². The number of aliphatic carboxylic acids is 1. The van der Waals surface area contributed by atoms with Crippen molar-refractivity contribution in [3.05, 3.63) is 0 Å². The van der Waals surface area contributed by atoms with Gasteiger partial charge < -0.3 is 19.5 Å². The van der Waals surface area contributed by atoms with Gasteiger partial charge in [0.15, 0.2) is 0 Å². The highest BCUT2D eigenvalue weighted by Crippen LogP contribution is 2.34. The second-order valence-electron chi connectivity index (χ2n) is 5.87. The van der Waals surface area contributed by atoms with Gasteiger partial charge in [0.1, 0.15) is 5.60 Å². The van der Waals surface area contributed by atoms with Crippen molar-refractivity contribution < 1.29 is 24.2 Å². The third kappa shape index (κ3) is 2.58. The number of ether oxygens (including phenoxy) is 2. The third-order valence-electron chi connectivity index (χ3n) is 3.28. The van der Waals surface area contributed by atoms with Crippen LogP contribution in [0.5, 0.6) is 0 Å². The molecule has 2 saturated heterocycles. The molecule has 2 aliphatic heterocycles. The normalized spacial score (nSPS) is 31.3. The molecule has 2 fully saturated rings. The molecule has 0 aromatic heterocycles. The van der Waals surface area contributed by atoms with E-state index in [4.69, 9.17) is 14.6 Å². The smallest absolute Gasteiger partial charge is 0.410 e. The zero-order valence-corrected chi connectivity index (χ0v) is 10.9. The predicted molar refractivity (Wildman–Crippen MR) is 62.2 cm³/mol. The molecular weight excluding hydrogens is 238 g/mol. The maximum atomic E-state index is 11.9. The van der Waals surface area contributed by atoms with Gasteiger partial charge in [-0.3, -0.25) is 4.79 Å². The van der Waals surface area contributed by atoms with Crippen LogP contribution in [0.2, 0.25) is 0 Å². The van der Waals surface area contributed by atoms with Gasteiger partial charge in [-0.05, 0) is 20.8 Å². The fraction of sp³-hybridized carbons (Fsp3) is 0.833. The molecule has 6 heteroatoms. The number of likely N-dealkylation sites (tertiary alicyclic amines) is 1. The molecule has 2 heterocycles. The maximum absolute atomic E-state index is 11.9. The standard InChI is InChI=1S/C12H19NO5/c1-12(2,3)18-11(16)13-4-7-8(10(14)15)6-17-9(7)5-13/h7-9H,4-6H2,1-3H3,(H,14,15). The van der Waals surface area contributed by atoms with Gasteiger partial charge in [0.25, 0.3) is 0 Å². The summed E-state index contributed by atoms with van der Waals surface area (Å²) in [5, 5.41) is 9.06. The SMILES string of the molecule is CC(C)(C)OC(=O)N1CC2OCC(C(=O)O)C2C1. The quantitative estimate of drug-likeness (QED) is 0.757. The first kappa shape index (κ1) is 13.1. The number of carboxylic acid groups (broad SMARTS) is 1. The van der Waals surface area contributed by atoms with Crippen LogP contribution in [0.15, 0.2) is 0 Å². The van der Waals surface area contributed by atoms with Gasteiger partial charge in [-0.2, -0.15) is 0 Å². The van der Waals surface area contributed by atoms with Crippen LogP contribution in [0.3, 0.4) is 0 Å². The zero-order valence-electron chi connectivity index (χ0n) is 10.9. The largest absolute Gasteiger partial charge is 0.481 e. The molecule has 1 N–H and O–H groups in total. The molecule has 1 amide bonds. The van der Waals surface area contributed by atoms with Gasteiger partial charge in [-0.15, -0.1) is 0 Å². The molecule has 0 bridgehead atoms. The molecular formula is C12H19NO5. The summed E-state index contributed by atoms with van der Waals surface area (Å²) in [4.78, 5) is 24.4. The summed E-state index contributed by atoms with van der Waals surface area (Å²) >= 11 is 0. The Hall–Kier alpha value is -1.30. The number of carbonyl (C=O) groups excluding carboxylic acids is 1. The number of hydrogen-bond acceptors (Lipinski definition) is 4. The highest BCUT2D eigenvalue weighted by atomic mass is 16.6. The molecule has 0 radical (unpaired) electrons. The second kappa shape index (κ2) is 4.42. The summed E-state index contributed by atoms with van der Waals surface area (Å²) in [5.41, 5.74) is -0.540. The molecule has 6 nitrogen and oxygen atoms in total. The lowest BCUT2D eigenvalue weighted by Gasteiger charge is -2.25. The van der Waals surface area contributed by atoms with Crippen molar-refractivity contribution in [3.8, 4) is 0 Å². The molecule has 3 unspecified atom stereocenters. The van der Waals surface area contributed by atoms with Crippen LogP contribution in [0.25, 0.3) is 0 Å². The highest BCUT2D eigenvalue weighted by molar-refractivity contribution is 5.72. The maximum Gasteiger partial charge on any atom is 0.410 e. The van der Waals surface area contributed by atoms with Gasteiger partial charge in [0.2, 0.25) is 0 Å². The highest BCUT2D eigenvalue weighted by Gasteiger charge is 2.48. The molecule has 2 rings (SSSR count). The number of nitrogens with zero attached hydrogens (tertiary/aromatic N) is 1. The Kier molecular flexibility index (Phi) is 3.23. The topological polar surface area (TPSA) is 76.1 Å². The van der Waals surface area contributed by atoms with E-state index in [1.54, 1.807) is 20.8 Å². The number of amides is 1. The van der Waals surface area contributed by atoms with Gasteiger partial charge in [-0.1, -0.05) is 0 Å². The number of rotatable bonds is 1. The molecule has 0 aromatic carbocycles. The lowest BCUT2D eigenvalue weighted by molar-refractivity contribution is -0.142. The molecule has 3 atom stereocenters. The van der Waals surface area contributed by atoms with Crippen LogP contribution in [0.1, 0.15) is 20.8 Å². The Balaban J connectivity index is 1.97. The molecule has 0 saturated carbocycles. The Morgan fingerprint density at radius 3 is 2.56 bits per heavy atom. The molecule has 18 heavy (non-hydrogen) atoms.